The van der Waals surface area contributed by atoms with Crippen molar-refractivity contribution in [3.05, 3.63) is 156 Å². The summed E-state index contributed by atoms with van der Waals surface area (Å²) in [5, 5.41) is 6.70. The minimum Gasteiger partial charge on any atom is -0.0905 e. The van der Waals surface area contributed by atoms with Gasteiger partial charge in [0, 0.05) is 0 Å². The van der Waals surface area contributed by atoms with Gasteiger partial charge in [-0.3, -0.25) is 0 Å². The third kappa shape index (κ3) is 3.85. The maximum atomic E-state index is 4.83. The van der Waals surface area contributed by atoms with Crippen molar-refractivity contribution < 1.29 is 0 Å². The van der Waals surface area contributed by atoms with E-state index >= 15 is 0 Å². The lowest BCUT2D eigenvalue weighted by Gasteiger charge is -2.19. The molecule has 0 bridgehead atoms. The van der Waals surface area contributed by atoms with Crippen LogP contribution in [0.3, 0.4) is 0 Å². The van der Waals surface area contributed by atoms with E-state index in [0.29, 0.717) is 0 Å². The predicted octanol–water partition coefficient (Wildman–Crippen LogP) is 9.48. The van der Waals surface area contributed by atoms with E-state index in [1.165, 1.54) is 44.5 Å². The Hall–Kier alpha value is -5.20. The predicted molar refractivity (Wildman–Crippen MR) is 173 cm³/mol. The molecule has 0 spiro atoms. The first-order valence-corrected chi connectivity index (χ1v) is 13.7. The molecule has 0 atom stereocenters. The SMILES string of the molecule is C=c1c2c(-c3ccccc3)ccc(-c3ccccc3)c2c(=C)c2c(-c3ccccc3)ccc(-c3ccccc3)c12. The van der Waals surface area contributed by atoms with E-state index in [1.807, 2.05) is 0 Å². The molecule has 0 unspecified atom stereocenters. The summed E-state index contributed by atoms with van der Waals surface area (Å²) in [7, 11) is 0. The van der Waals surface area contributed by atoms with Crippen molar-refractivity contribution >= 4 is 34.7 Å². The number of rotatable bonds is 4. The number of fused-ring (bicyclic) bond motifs is 2. The maximum absolute atomic E-state index is 4.83. The fraction of sp³-hybridized carbons (Fsp3) is 0. The van der Waals surface area contributed by atoms with Crippen LogP contribution >= 0.6 is 0 Å². The van der Waals surface area contributed by atoms with Crippen LogP contribution in [0.4, 0.5) is 0 Å². The fourth-order valence-electron chi connectivity index (χ4n) is 6.14. The first-order valence-electron chi connectivity index (χ1n) is 13.7. The van der Waals surface area contributed by atoms with Crippen LogP contribution < -0.4 is 10.4 Å². The van der Waals surface area contributed by atoms with E-state index in [-0.39, 0.29) is 0 Å². The summed E-state index contributed by atoms with van der Waals surface area (Å²) in [6.45, 7) is 9.66. The highest BCUT2D eigenvalue weighted by atomic mass is 14.2. The van der Waals surface area contributed by atoms with Crippen LogP contribution in [0.5, 0.6) is 0 Å². The van der Waals surface area contributed by atoms with Gasteiger partial charge in [0.1, 0.15) is 0 Å². The van der Waals surface area contributed by atoms with Crippen LogP contribution in [0.2, 0.25) is 0 Å². The molecule has 0 saturated carbocycles. The number of hydrogen-bond acceptors (Lipinski definition) is 0. The maximum Gasteiger partial charge on any atom is -0.00201 e. The minimum absolute atomic E-state index is 1.03. The van der Waals surface area contributed by atoms with Gasteiger partial charge in [0.15, 0.2) is 0 Å². The molecule has 0 radical (unpaired) electrons. The van der Waals surface area contributed by atoms with Crippen molar-refractivity contribution in [2.45, 2.75) is 0 Å². The van der Waals surface area contributed by atoms with Crippen molar-refractivity contribution in [2.75, 3.05) is 0 Å². The normalized spacial score (nSPS) is 11.2. The van der Waals surface area contributed by atoms with Gasteiger partial charge in [-0.05, 0) is 76.5 Å². The lowest BCUT2D eigenvalue weighted by Crippen LogP contribution is -2.16. The van der Waals surface area contributed by atoms with Gasteiger partial charge < -0.3 is 0 Å². The second-order valence-electron chi connectivity index (χ2n) is 10.2. The van der Waals surface area contributed by atoms with Gasteiger partial charge in [-0.15, -0.1) is 0 Å². The van der Waals surface area contributed by atoms with Crippen LogP contribution in [0.15, 0.2) is 146 Å². The molecule has 0 saturated heterocycles. The summed E-state index contributed by atoms with van der Waals surface area (Å²) >= 11 is 0. The third-order valence-electron chi connectivity index (χ3n) is 7.96. The summed E-state index contributed by atoms with van der Waals surface area (Å²) in [6, 6.07) is 51.5. The van der Waals surface area contributed by atoms with E-state index in [1.54, 1.807) is 0 Å². The molecule has 0 heterocycles. The molecule has 7 aromatic rings. The smallest absolute Gasteiger partial charge is 0.00201 e. The molecule has 0 aliphatic heterocycles. The van der Waals surface area contributed by atoms with Crippen LogP contribution in [0.1, 0.15) is 0 Å². The van der Waals surface area contributed by atoms with Gasteiger partial charge in [-0.2, -0.15) is 0 Å². The van der Waals surface area contributed by atoms with E-state index in [2.05, 4.69) is 146 Å². The molecule has 0 nitrogen and oxygen atoms in total. The van der Waals surface area contributed by atoms with Crippen LogP contribution in [0.25, 0.3) is 79.2 Å². The summed E-state index contributed by atoms with van der Waals surface area (Å²) in [5.74, 6) is 0. The van der Waals surface area contributed by atoms with Gasteiger partial charge in [-0.1, -0.05) is 159 Å². The van der Waals surface area contributed by atoms with E-state index in [0.717, 1.165) is 32.0 Å². The van der Waals surface area contributed by atoms with Crippen LogP contribution in [-0.2, 0) is 0 Å². The van der Waals surface area contributed by atoms with Crippen LogP contribution in [-0.4, -0.2) is 0 Å². The van der Waals surface area contributed by atoms with Crippen molar-refractivity contribution in [2.24, 2.45) is 0 Å². The topological polar surface area (TPSA) is 0 Å². The first kappa shape index (κ1) is 23.9. The molecular weight excluding hydrogens is 480 g/mol. The van der Waals surface area contributed by atoms with E-state index in [4.69, 9.17) is 13.2 Å². The molecule has 0 heteroatoms. The van der Waals surface area contributed by atoms with Crippen molar-refractivity contribution in [3.63, 3.8) is 0 Å². The average Bonchev–Trinajstić information content (AvgIpc) is 3.04. The molecule has 0 aliphatic carbocycles. The molecule has 188 valence electrons. The molecule has 40 heavy (non-hydrogen) atoms. The minimum atomic E-state index is 1.03. The van der Waals surface area contributed by atoms with Crippen molar-refractivity contribution in [3.8, 4) is 44.5 Å². The summed E-state index contributed by atoms with van der Waals surface area (Å²) in [6.07, 6.45) is 0. The molecule has 0 amide bonds. The van der Waals surface area contributed by atoms with Gasteiger partial charge in [0.2, 0.25) is 0 Å². The average molecular weight is 509 g/mol. The Labute approximate surface area is 234 Å². The van der Waals surface area contributed by atoms with Gasteiger partial charge in [0.05, 0.1) is 0 Å². The highest BCUT2D eigenvalue weighted by Gasteiger charge is 2.19. The Bertz CT molecular complexity index is 1790. The zero-order chi connectivity index (χ0) is 27.1. The van der Waals surface area contributed by atoms with Crippen molar-refractivity contribution in [1.29, 1.82) is 0 Å². The summed E-state index contributed by atoms with van der Waals surface area (Å²) in [5.41, 5.74) is 9.42. The highest BCUT2D eigenvalue weighted by Crippen LogP contribution is 2.38. The quantitative estimate of drug-likeness (QED) is 0.208. The molecular formula is C40H28. The molecule has 0 aliphatic rings. The first-order chi connectivity index (χ1) is 19.7. The largest absolute Gasteiger partial charge is 0.0905 e. The highest BCUT2D eigenvalue weighted by molar-refractivity contribution is 6.17. The van der Waals surface area contributed by atoms with Gasteiger partial charge in [0.25, 0.3) is 0 Å². The Morgan fingerprint density at radius 1 is 0.250 bits per heavy atom. The zero-order valence-electron chi connectivity index (χ0n) is 22.3. The van der Waals surface area contributed by atoms with Crippen molar-refractivity contribution in [1.82, 2.24) is 0 Å². The van der Waals surface area contributed by atoms with E-state index < -0.39 is 0 Å². The lowest BCUT2D eigenvalue weighted by molar-refractivity contribution is 1.59. The number of hydrogen-bond donors (Lipinski definition) is 0. The summed E-state index contributed by atoms with van der Waals surface area (Å²) < 4.78 is 0. The molecule has 0 N–H and O–H groups in total. The van der Waals surface area contributed by atoms with Gasteiger partial charge in [-0.25, -0.2) is 0 Å². The standard InChI is InChI=1S/C40H28/c1-27-37-33(29-15-7-3-8-16-29)23-25-35(31-19-11-5-12-20-31)39(37)28(2)40-36(32-21-13-6-14-22-32)26-24-34(38(27)40)30-17-9-4-10-18-30/h3-26H,1-2H2. The molecule has 0 fully saturated rings. The second-order valence-corrected chi connectivity index (χ2v) is 10.2. The lowest BCUT2D eigenvalue weighted by atomic mass is 9.83. The molecule has 7 aromatic carbocycles. The fourth-order valence-corrected chi connectivity index (χ4v) is 6.14. The van der Waals surface area contributed by atoms with E-state index in [9.17, 15) is 0 Å². The second kappa shape index (κ2) is 9.84. The Morgan fingerprint density at radius 2 is 0.450 bits per heavy atom. The zero-order valence-corrected chi connectivity index (χ0v) is 22.3. The molecule has 7 rings (SSSR count). The Morgan fingerprint density at radius 3 is 0.650 bits per heavy atom. The van der Waals surface area contributed by atoms with Crippen LogP contribution in [0, 0.1) is 0 Å². The molecule has 0 aromatic heterocycles. The number of benzene rings is 7. The summed E-state index contributed by atoms with van der Waals surface area (Å²) in [4.78, 5) is 0. The van der Waals surface area contributed by atoms with Gasteiger partial charge >= 0.3 is 0 Å². The Kier molecular flexibility index (Phi) is 5.87. The Balaban J connectivity index is 1.74. The third-order valence-corrected chi connectivity index (χ3v) is 7.96. The monoisotopic (exact) mass is 508 g/mol.